The predicted molar refractivity (Wildman–Crippen MR) is 73.5 cm³/mol. The lowest BCUT2D eigenvalue weighted by molar-refractivity contribution is -0.141. The molecule has 0 radical (unpaired) electrons. The molecule has 0 spiro atoms. The van der Waals surface area contributed by atoms with E-state index in [1.807, 2.05) is 0 Å². The molecule has 0 aromatic heterocycles. The van der Waals surface area contributed by atoms with Gasteiger partial charge in [-0.2, -0.15) is 12.6 Å². The van der Waals surface area contributed by atoms with Crippen molar-refractivity contribution in [2.75, 3.05) is 18.9 Å². The van der Waals surface area contributed by atoms with Crippen LogP contribution in [0.5, 0.6) is 0 Å². The van der Waals surface area contributed by atoms with Crippen molar-refractivity contribution in [3.63, 3.8) is 0 Å². The second-order valence-electron chi connectivity index (χ2n) is 4.47. The number of aliphatic hydroxyl groups is 1. The largest absolute Gasteiger partial charge is 0.480 e. The molecule has 1 heterocycles. The molecule has 5 N–H and O–H groups in total. The van der Waals surface area contributed by atoms with E-state index in [1.54, 1.807) is 0 Å². The van der Waals surface area contributed by atoms with E-state index in [9.17, 15) is 14.4 Å². The number of amides is 2. The van der Waals surface area contributed by atoms with Gasteiger partial charge in [-0.25, -0.2) is 4.79 Å². The van der Waals surface area contributed by atoms with Gasteiger partial charge in [0.05, 0.1) is 12.6 Å². The molecule has 1 saturated heterocycles. The zero-order valence-corrected chi connectivity index (χ0v) is 11.7. The highest BCUT2D eigenvalue weighted by atomic mass is 32.1. The summed E-state index contributed by atoms with van der Waals surface area (Å²) in [5.74, 6) is -2.44. The zero-order valence-electron chi connectivity index (χ0n) is 10.8. The van der Waals surface area contributed by atoms with Crippen molar-refractivity contribution in [3.05, 3.63) is 0 Å². The van der Waals surface area contributed by atoms with Crippen molar-refractivity contribution >= 4 is 30.4 Å². The first-order valence-electron chi connectivity index (χ1n) is 6.28. The summed E-state index contributed by atoms with van der Waals surface area (Å²) in [6.07, 6.45) is 1.54. The van der Waals surface area contributed by atoms with Gasteiger partial charge in [-0.15, -0.1) is 0 Å². The van der Waals surface area contributed by atoms with Crippen molar-refractivity contribution in [2.24, 2.45) is 0 Å². The minimum absolute atomic E-state index is 0.0860. The van der Waals surface area contributed by atoms with Gasteiger partial charge in [-0.3, -0.25) is 9.59 Å². The third-order valence-electron chi connectivity index (χ3n) is 2.99. The molecule has 0 aromatic rings. The Hall–Kier alpha value is -1.32. The van der Waals surface area contributed by atoms with Crippen molar-refractivity contribution in [1.82, 2.24) is 16.0 Å². The number of carbonyl (C=O) groups excluding carboxylic acids is 2. The van der Waals surface area contributed by atoms with Crippen LogP contribution in [0.2, 0.25) is 0 Å². The molecule has 2 amide bonds. The van der Waals surface area contributed by atoms with E-state index < -0.39 is 30.6 Å². The molecule has 1 fully saturated rings. The number of aliphatic hydroxyl groups excluding tert-OH is 1. The van der Waals surface area contributed by atoms with Crippen molar-refractivity contribution in [2.45, 2.75) is 31.0 Å². The summed E-state index contributed by atoms with van der Waals surface area (Å²) in [6.45, 7) is 0.123. The van der Waals surface area contributed by atoms with Crippen LogP contribution in [0.3, 0.4) is 0 Å². The highest BCUT2D eigenvalue weighted by Crippen LogP contribution is 2.05. The average Bonchev–Trinajstić information content (AvgIpc) is 2.95. The van der Waals surface area contributed by atoms with Gasteiger partial charge < -0.3 is 26.2 Å². The molecule has 0 aliphatic carbocycles. The summed E-state index contributed by atoms with van der Waals surface area (Å²) in [4.78, 5) is 34.4. The quantitative estimate of drug-likeness (QED) is 0.294. The molecule has 0 unspecified atom stereocenters. The van der Waals surface area contributed by atoms with Crippen LogP contribution in [0.25, 0.3) is 0 Å². The third-order valence-corrected chi connectivity index (χ3v) is 3.35. The first-order chi connectivity index (χ1) is 9.49. The van der Waals surface area contributed by atoms with Gasteiger partial charge in [0, 0.05) is 5.75 Å². The summed E-state index contributed by atoms with van der Waals surface area (Å²) in [6, 6.07) is -2.72. The monoisotopic (exact) mass is 305 g/mol. The molecule has 0 aromatic carbocycles. The SMILES string of the molecule is O=C(O)[C@H](CS)NC(=O)[C@H](CO)NC(=O)[C@@H]1CCCN1. The van der Waals surface area contributed by atoms with Gasteiger partial charge in [-0.1, -0.05) is 0 Å². The van der Waals surface area contributed by atoms with Gasteiger partial charge in [0.1, 0.15) is 12.1 Å². The van der Waals surface area contributed by atoms with E-state index in [0.29, 0.717) is 6.42 Å². The Balaban J connectivity index is 2.53. The van der Waals surface area contributed by atoms with Crippen LogP contribution in [0.1, 0.15) is 12.8 Å². The summed E-state index contributed by atoms with van der Waals surface area (Å²) in [7, 11) is 0. The summed E-state index contributed by atoms with van der Waals surface area (Å²) >= 11 is 3.81. The molecular formula is C11H19N3O5S. The number of rotatable bonds is 7. The highest BCUT2D eigenvalue weighted by molar-refractivity contribution is 7.80. The van der Waals surface area contributed by atoms with Gasteiger partial charge >= 0.3 is 5.97 Å². The fraction of sp³-hybridized carbons (Fsp3) is 0.727. The smallest absolute Gasteiger partial charge is 0.327 e. The fourth-order valence-corrected chi connectivity index (χ4v) is 2.08. The van der Waals surface area contributed by atoms with E-state index in [-0.39, 0.29) is 17.7 Å². The molecule has 20 heavy (non-hydrogen) atoms. The lowest BCUT2D eigenvalue weighted by Crippen LogP contribution is -2.56. The molecule has 1 rings (SSSR count). The van der Waals surface area contributed by atoms with Crippen molar-refractivity contribution in [1.29, 1.82) is 0 Å². The number of aliphatic carboxylic acids is 1. The van der Waals surface area contributed by atoms with Gasteiger partial charge in [0.25, 0.3) is 0 Å². The molecule has 8 nitrogen and oxygen atoms in total. The number of hydrogen-bond donors (Lipinski definition) is 6. The normalized spacial score (nSPS) is 21.0. The van der Waals surface area contributed by atoms with Gasteiger partial charge in [0.2, 0.25) is 11.8 Å². The lowest BCUT2D eigenvalue weighted by atomic mass is 10.2. The summed E-state index contributed by atoms with van der Waals surface area (Å²) < 4.78 is 0. The minimum atomic E-state index is -1.23. The van der Waals surface area contributed by atoms with Crippen LogP contribution in [0.4, 0.5) is 0 Å². The minimum Gasteiger partial charge on any atom is -0.480 e. The molecular weight excluding hydrogens is 286 g/mol. The number of nitrogens with one attached hydrogen (secondary N) is 3. The van der Waals surface area contributed by atoms with E-state index in [0.717, 1.165) is 13.0 Å². The van der Waals surface area contributed by atoms with Crippen molar-refractivity contribution < 1.29 is 24.6 Å². The van der Waals surface area contributed by atoms with Crippen LogP contribution in [-0.2, 0) is 14.4 Å². The van der Waals surface area contributed by atoms with E-state index in [4.69, 9.17) is 10.2 Å². The Bertz CT molecular complexity index is 373. The highest BCUT2D eigenvalue weighted by Gasteiger charge is 2.28. The molecule has 1 aliphatic heterocycles. The van der Waals surface area contributed by atoms with E-state index in [1.165, 1.54) is 0 Å². The second kappa shape index (κ2) is 8.08. The molecule has 9 heteroatoms. The number of hydrogen-bond acceptors (Lipinski definition) is 6. The average molecular weight is 305 g/mol. The zero-order chi connectivity index (χ0) is 15.1. The first-order valence-corrected chi connectivity index (χ1v) is 6.91. The predicted octanol–water partition coefficient (Wildman–Crippen LogP) is -2.29. The fourth-order valence-electron chi connectivity index (χ4n) is 1.83. The molecule has 0 bridgehead atoms. The molecule has 114 valence electrons. The van der Waals surface area contributed by atoms with Crippen LogP contribution < -0.4 is 16.0 Å². The standard InChI is InChI=1S/C11H19N3O5S/c15-4-7(10(17)14-8(5-20)11(18)19)13-9(16)6-2-1-3-12-6/h6-8,12,15,20H,1-5H2,(H,13,16)(H,14,17)(H,18,19)/t6-,7-,8-/m0/s1. The van der Waals surface area contributed by atoms with Gasteiger partial charge in [0.15, 0.2) is 0 Å². The number of carbonyl (C=O) groups is 3. The van der Waals surface area contributed by atoms with Crippen LogP contribution in [0, 0.1) is 0 Å². The number of carboxylic acids is 1. The molecule has 0 saturated carbocycles. The maximum atomic E-state index is 11.8. The maximum absolute atomic E-state index is 11.8. The second-order valence-corrected chi connectivity index (χ2v) is 4.84. The lowest BCUT2D eigenvalue weighted by Gasteiger charge is -2.20. The Morgan fingerprint density at radius 2 is 2.00 bits per heavy atom. The summed E-state index contributed by atoms with van der Waals surface area (Å²) in [5.41, 5.74) is 0. The molecule has 1 aliphatic rings. The van der Waals surface area contributed by atoms with Gasteiger partial charge in [-0.05, 0) is 19.4 Å². The Morgan fingerprint density at radius 1 is 1.30 bits per heavy atom. The van der Waals surface area contributed by atoms with Crippen molar-refractivity contribution in [3.8, 4) is 0 Å². The Labute approximate surface area is 121 Å². The topological polar surface area (TPSA) is 128 Å². The summed E-state index contributed by atoms with van der Waals surface area (Å²) in [5, 5.41) is 25.5. The third kappa shape index (κ3) is 4.66. The Morgan fingerprint density at radius 3 is 2.45 bits per heavy atom. The Kier molecular flexibility index (Phi) is 6.76. The maximum Gasteiger partial charge on any atom is 0.327 e. The van der Waals surface area contributed by atoms with Crippen LogP contribution >= 0.6 is 12.6 Å². The first kappa shape index (κ1) is 16.7. The van der Waals surface area contributed by atoms with Crippen LogP contribution in [-0.4, -0.2) is 65.0 Å². The number of thiol groups is 1. The number of carboxylic acid groups (broad SMARTS) is 1. The van der Waals surface area contributed by atoms with Crippen LogP contribution in [0.15, 0.2) is 0 Å². The van der Waals surface area contributed by atoms with E-state index >= 15 is 0 Å². The molecule has 3 atom stereocenters. The van der Waals surface area contributed by atoms with E-state index in [2.05, 4.69) is 28.6 Å².